The van der Waals surface area contributed by atoms with Crippen LogP contribution >= 0.6 is 0 Å². The van der Waals surface area contributed by atoms with E-state index in [0.717, 1.165) is 30.8 Å². The van der Waals surface area contributed by atoms with Crippen LogP contribution in [-0.2, 0) is 18.3 Å². The zero-order chi connectivity index (χ0) is 19.3. The molecule has 4 rings (SSSR count). The highest BCUT2D eigenvalue weighted by atomic mass is 16.5. The van der Waals surface area contributed by atoms with Crippen molar-refractivity contribution in [2.45, 2.75) is 25.5 Å². The minimum atomic E-state index is -0.208. The summed E-state index contributed by atoms with van der Waals surface area (Å²) in [5.74, 6) is 1.36. The molecule has 0 saturated carbocycles. The number of ether oxygens (including phenoxy) is 1. The Balaban J connectivity index is 1.49. The molecule has 2 amide bonds. The normalized spacial score (nSPS) is 16.2. The van der Waals surface area contributed by atoms with E-state index in [4.69, 9.17) is 9.15 Å². The van der Waals surface area contributed by atoms with Crippen LogP contribution in [0.1, 0.15) is 18.6 Å². The number of nitrogens with zero attached hydrogens (tertiary/aromatic N) is 5. The Morgan fingerprint density at radius 3 is 3.00 bits per heavy atom. The van der Waals surface area contributed by atoms with Crippen LogP contribution in [0.2, 0.25) is 0 Å². The van der Waals surface area contributed by atoms with E-state index >= 15 is 0 Å². The smallest absolute Gasteiger partial charge is 0.322 e. The molecule has 9 nitrogen and oxygen atoms in total. The lowest BCUT2D eigenvalue weighted by atomic mass is 10.2. The molecule has 3 aromatic rings. The van der Waals surface area contributed by atoms with Crippen molar-refractivity contribution in [1.29, 1.82) is 0 Å². The Morgan fingerprint density at radius 1 is 1.36 bits per heavy atom. The third kappa shape index (κ3) is 4.20. The zero-order valence-electron chi connectivity index (χ0n) is 15.6. The molecule has 0 radical (unpaired) electrons. The molecule has 1 atom stereocenters. The highest BCUT2D eigenvalue weighted by molar-refractivity contribution is 5.90. The summed E-state index contributed by atoms with van der Waals surface area (Å²) in [4.78, 5) is 14.7. The van der Waals surface area contributed by atoms with Crippen molar-refractivity contribution < 1.29 is 13.9 Å². The van der Waals surface area contributed by atoms with Crippen LogP contribution in [-0.4, -0.2) is 50.4 Å². The number of benzene rings is 1. The van der Waals surface area contributed by atoms with Gasteiger partial charge in [0.1, 0.15) is 5.76 Å². The molecule has 1 saturated heterocycles. The van der Waals surface area contributed by atoms with Gasteiger partial charge in [0.2, 0.25) is 0 Å². The number of nitrogens with one attached hydrogen (secondary N) is 1. The first-order chi connectivity index (χ1) is 13.7. The lowest BCUT2D eigenvalue weighted by molar-refractivity contribution is 0.0803. The van der Waals surface area contributed by atoms with Crippen LogP contribution in [0, 0.1) is 0 Å². The fraction of sp³-hybridized carbons (Fsp3) is 0.368. The third-order valence-electron chi connectivity index (χ3n) is 4.65. The van der Waals surface area contributed by atoms with Crippen LogP contribution in [0.3, 0.4) is 0 Å². The van der Waals surface area contributed by atoms with Crippen LogP contribution < -0.4 is 5.32 Å². The van der Waals surface area contributed by atoms with Crippen molar-refractivity contribution >= 4 is 11.7 Å². The number of aromatic nitrogens is 4. The monoisotopic (exact) mass is 382 g/mol. The molecule has 2 aromatic heterocycles. The van der Waals surface area contributed by atoms with Gasteiger partial charge in [0.05, 0.1) is 18.9 Å². The molecule has 146 valence electrons. The number of urea groups is 1. The molecular formula is C19H22N6O3. The number of aryl methyl sites for hydroxylation is 1. The summed E-state index contributed by atoms with van der Waals surface area (Å²) in [6, 6.07) is 10.9. The number of hydrogen-bond acceptors (Lipinski definition) is 6. The van der Waals surface area contributed by atoms with Crippen LogP contribution in [0.4, 0.5) is 10.5 Å². The van der Waals surface area contributed by atoms with Gasteiger partial charge in [-0.05, 0) is 47.5 Å². The Labute approximate surface area is 162 Å². The van der Waals surface area contributed by atoms with Gasteiger partial charge in [-0.3, -0.25) is 0 Å². The Kier molecular flexibility index (Phi) is 5.34. The largest absolute Gasteiger partial charge is 0.467 e. The van der Waals surface area contributed by atoms with Crippen LogP contribution in [0.25, 0.3) is 11.4 Å². The van der Waals surface area contributed by atoms with Gasteiger partial charge in [0, 0.05) is 31.5 Å². The van der Waals surface area contributed by atoms with Crippen molar-refractivity contribution in [2.75, 3.05) is 18.5 Å². The lowest BCUT2D eigenvalue weighted by Crippen LogP contribution is -2.39. The molecule has 1 aromatic carbocycles. The van der Waals surface area contributed by atoms with Crippen molar-refractivity contribution in [1.82, 2.24) is 25.1 Å². The molecule has 9 heteroatoms. The number of rotatable bonds is 6. The van der Waals surface area contributed by atoms with Crippen LogP contribution in [0.5, 0.6) is 0 Å². The number of carbonyl (C=O) groups excluding carboxylic acids is 1. The third-order valence-corrected chi connectivity index (χ3v) is 4.65. The summed E-state index contributed by atoms with van der Waals surface area (Å²) in [5.41, 5.74) is 1.49. The van der Waals surface area contributed by atoms with Crippen molar-refractivity contribution in [2.24, 2.45) is 7.05 Å². The topological polar surface area (TPSA) is 98.3 Å². The molecule has 1 unspecified atom stereocenters. The SMILES string of the molecule is Cn1nnnc1-c1cccc(NC(=O)N(Cc2ccco2)CC2CCCO2)c1. The maximum atomic E-state index is 13.0. The molecule has 3 heterocycles. The first kappa shape index (κ1) is 18.2. The number of anilines is 1. The van der Waals surface area contributed by atoms with E-state index in [2.05, 4.69) is 20.8 Å². The standard InChI is InChI=1S/C19H22N6O3/c1-24-18(21-22-23-24)14-5-2-6-15(11-14)20-19(26)25(12-16-7-3-9-27-16)13-17-8-4-10-28-17/h2-3,5-7,9,11,17H,4,8,10,12-13H2,1H3,(H,20,26). The minimum absolute atomic E-state index is 0.0526. The summed E-state index contributed by atoms with van der Waals surface area (Å²) in [6.45, 7) is 1.64. The second-order valence-electron chi connectivity index (χ2n) is 6.73. The maximum absolute atomic E-state index is 13.0. The second-order valence-corrected chi connectivity index (χ2v) is 6.73. The van der Waals surface area contributed by atoms with E-state index in [0.29, 0.717) is 24.6 Å². The number of hydrogen-bond donors (Lipinski definition) is 1. The molecule has 0 aliphatic carbocycles. The van der Waals surface area contributed by atoms with Gasteiger partial charge in [-0.2, -0.15) is 0 Å². The second kappa shape index (κ2) is 8.22. The molecule has 1 fully saturated rings. The van der Waals surface area contributed by atoms with Crippen molar-refractivity contribution in [3.8, 4) is 11.4 Å². The molecule has 0 spiro atoms. The highest BCUT2D eigenvalue weighted by Gasteiger charge is 2.23. The van der Waals surface area contributed by atoms with E-state index in [1.165, 1.54) is 0 Å². The van der Waals surface area contributed by atoms with Crippen molar-refractivity contribution in [3.63, 3.8) is 0 Å². The van der Waals surface area contributed by atoms with E-state index in [1.54, 1.807) is 22.9 Å². The fourth-order valence-electron chi connectivity index (χ4n) is 3.26. The summed E-state index contributed by atoms with van der Waals surface area (Å²) in [5, 5.41) is 14.5. The lowest BCUT2D eigenvalue weighted by Gasteiger charge is -2.25. The first-order valence-electron chi connectivity index (χ1n) is 9.22. The molecule has 1 N–H and O–H groups in total. The summed E-state index contributed by atoms with van der Waals surface area (Å²) in [6.07, 6.45) is 3.64. The number of amides is 2. The molecule has 28 heavy (non-hydrogen) atoms. The van der Waals surface area contributed by atoms with Gasteiger partial charge in [0.25, 0.3) is 0 Å². The van der Waals surface area contributed by atoms with Gasteiger partial charge in [-0.1, -0.05) is 12.1 Å². The van der Waals surface area contributed by atoms with E-state index < -0.39 is 0 Å². The zero-order valence-corrected chi connectivity index (χ0v) is 15.6. The number of carbonyl (C=O) groups is 1. The summed E-state index contributed by atoms with van der Waals surface area (Å²) < 4.78 is 12.7. The molecule has 1 aliphatic heterocycles. The Hall–Kier alpha value is -3.20. The first-order valence-corrected chi connectivity index (χ1v) is 9.22. The quantitative estimate of drug-likeness (QED) is 0.704. The summed E-state index contributed by atoms with van der Waals surface area (Å²) in [7, 11) is 1.77. The Morgan fingerprint density at radius 2 is 2.29 bits per heavy atom. The van der Waals surface area contributed by atoms with Gasteiger partial charge in [-0.15, -0.1) is 5.10 Å². The predicted octanol–water partition coefficient (Wildman–Crippen LogP) is 2.68. The molecule has 0 bridgehead atoms. The Bertz CT molecular complexity index is 917. The molecule has 1 aliphatic rings. The highest BCUT2D eigenvalue weighted by Crippen LogP contribution is 2.21. The average molecular weight is 382 g/mol. The van der Waals surface area contributed by atoms with Gasteiger partial charge in [0.15, 0.2) is 5.82 Å². The van der Waals surface area contributed by atoms with Crippen molar-refractivity contribution in [3.05, 3.63) is 48.4 Å². The number of furan rings is 1. The minimum Gasteiger partial charge on any atom is -0.467 e. The molecular weight excluding hydrogens is 360 g/mol. The maximum Gasteiger partial charge on any atom is 0.322 e. The number of tetrazole rings is 1. The predicted molar refractivity (Wildman–Crippen MR) is 101 cm³/mol. The summed E-state index contributed by atoms with van der Waals surface area (Å²) >= 11 is 0. The van der Waals surface area contributed by atoms with E-state index in [-0.39, 0.29) is 12.1 Å². The average Bonchev–Trinajstić information content (AvgIpc) is 3.44. The van der Waals surface area contributed by atoms with Gasteiger partial charge >= 0.3 is 6.03 Å². The van der Waals surface area contributed by atoms with E-state index in [1.807, 2.05) is 36.4 Å². The van der Waals surface area contributed by atoms with Crippen LogP contribution in [0.15, 0.2) is 47.1 Å². The van der Waals surface area contributed by atoms with Gasteiger partial charge < -0.3 is 19.4 Å². The fourth-order valence-corrected chi connectivity index (χ4v) is 3.26. The van der Waals surface area contributed by atoms with Gasteiger partial charge in [-0.25, -0.2) is 9.48 Å². The van der Waals surface area contributed by atoms with E-state index in [9.17, 15) is 4.79 Å².